The maximum absolute atomic E-state index is 12.0. The van der Waals surface area contributed by atoms with Crippen molar-refractivity contribution in [2.24, 2.45) is 0 Å². The Morgan fingerprint density at radius 3 is 2.53 bits per heavy atom. The van der Waals surface area contributed by atoms with Crippen LogP contribution in [0.25, 0.3) is 0 Å². The molecule has 1 amide bonds. The third-order valence-corrected chi connectivity index (χ3v) is 3.95. The van der Waals surface area contributed by atoms with Crippen LogP contribution in [-0.2, 0) is 6.42 Å². The van der Waals surface area contributed by atoms with Gasteiger partial charge in [-0.15, -0.1) is 11.3 Å². The van der Waals surface area contributed by atoms with Gasteiger partial charge < -0.3 is 5.32 Å². The summed E-state index contributed by atoms with van der Waals surface area (Å²) >= 11 is 1.47. The molecule has 0 saturated carbocycles. The molecule has 1 heterocycles. The number of benzene rings is 1. The van der Waals surface area contributed by atoms with Gasteiger partial charge in [0.15, 0.2) is 0 Å². The largest absolute Gasteiger partial charge is 0.346 e. The molecule has 0 fully saturated rings. The van der Waals surface area contributed by atoms with E-state index in [1.165, 1.54) is 16.9 Å². The molecule has 1 aromatic heterocycles. The molecule has 0 unspecified atom stereocenters. The second kappa shape index (κ2) is 6.02. The van der Waals surface area contributed by atoms with Crippen LogP contribution in [0.2, 0.25) is 0 Å². The zero-order valence-corrected chi connectivity index (χ0v) is 12.2. The standard InChI is InChI=1S/C16H19NOS/c1-16(2,11-10-13-7-4-3-5-8-13)17-15(18)14-9-6-12-19-14/h3-9,12H,10-11H2,1-2H3,(H,17,18). The van der Waals surface area contributed by atoms with E-state index in [0.717, 1.165) is 17.7 Å². The van der Waals surface area contributed by atoms with Crippen molar-refractivity contribution in [3.05, 3.63) is 58.3 Å². The maximum atomic E-state index is 12.0. The number of carbonyl (C=O) groups is 1. The minimum absolute atomic E-state index is 0.0214. The number of hydrogen-bond donors (Lipinski definition) is 1. The van der Waals surface area contributed by atoms with Crippen molar-refractivity contribution in [2.75, 3.05) is 0 Å². The van der Waals surface area contributed by atoms with Gasteiger partial charge in [0, 0.05) is 5.54 Å². The van der Waals surface area contributed by atoms with E-state index < -0.39 is 0 Å². The molecule has 0 saturated heterocycles. The Labute approximate surface area is 118 Å². The molecule has 100 valence electrons. The highest BCUT2D eigenvalue weighted by Crippen LogP contribution is 2.16. The third kappa shape index (κ3) is 4.21. The van der Waals surface area contributed by atoms with Crippen LogP contribution in [0.5, 0.6) is 0 Å². The molecule has 3 heteroatoms. The van der Waals surface area contributed by atoms with E-state index in [9.17, 15) is 4.79 Å². The Morgan fingerprint density at radius 1 is 1.16 bits per heavy atom. The zero-order valence-electron chi connectivity index (χ0n) is 11.3. The van der Waals surface area contributed by atoms with Crippen LogP contribution >= 0.6 is 11.3 Å². The van der Waals surface area contributed by atoms with Crippen LogP contribution in [0.1, 0.15) is 35.5 Å². The first-order valence-corrected chi connectivity index (χ1v) is 7.35. The van der Waals surface area contributed by atoms with Crippen LogP contribution < -0.4 is 5.32 Å². The van der Waals surface area contributed by atoms with Gasteiger partial charge >= 0.3 is 0 Å². The highest BCUT2D eigenvalue weighted by atomic mass is 32.1. The molecular weight excluding hydrogens is 254 g/mol. The molecule has 0 aliphatic rings. The number of carbonyl (C=O) groups excluding carboxylic acids is 1. The number of rotatable bonds is 5. The van der Waals surface area contributed by atoms with Gasteiger partial charge in [-0.25, -0.2) is 0 Å². The average molecular weight is 273 g/mol. The minimum atomic E-state index is -0.198. The molecule has 2 rings (SSSR count). The topological polar surface area (TPSA) is 29.1 Å². The summed E-state index contributed by atoms with van der Waals surface area (Å²) in [5, 5.41) is 5.02. The summed E-state index contributed by atoms with van der Waals surface area (Å²) in [6.07, 6.45) is 1.90. The smallest absolute Gasteiger partial charge is 0.261 e. The van der Waals surface area contributed by atoms with Crippen LogP contribution in [0.15, 0.2) is 47.8 Å². The Kier molecular flexibility index (Phi) is 4.38. The summed E-state index contributed by atoms with van der Waals surface area (Å²) in [6.45, 7) is 4.14. The fourth-order valence-corrected chi connectivity index (χ4v) is 2.56. The number of hydrogen-bond acceptors (Lipinski definition) is 2. The zero-order chi connectivity index (χ0) is 13.7. The van der Waals surface area contributed by atoms with Gasteiger partial charge in [0.1, 0.15) is 0 Å². The molecule has 0 bridgehead atoms. The van der Waals surface area contributed by atoms with E-state index in [2.05, 4.69) is 31.3 Å². The SMILES string of the molecule is CC(C)(CCc1ccccc1)NC(=O)c1cccs1. The van der Waals surface area contributed by atoms with E-state index in [1.807, 2.05) is 35.7 Å². The number of thiophene rings is 1. The van der Waals surface area contributed by atoms with Crippen molar-refractivity contribution in [2.45, 2.75) is 32.2 Å². The molecule has 1 aromatic carbocycles. The van der Waals surface area contributed by atoms with Crippen molar-refractivity contribution in [1.29, 1.82) is 0 Å². The lowest BCUT2D eigenvalue weighted by atomic mass is 9.95. The van der Waals surface area contributed by atoms with E-state index in [-0.39, 0.29) is 11.4 Å². The molecule has 0 radical (unpaired) electrons. The Hall–Kier alpha value is -1.61. The van der Waals surface area contributed by atoms with Crippen LogP contribution in [0.4, 0.5) is 0 Å². The van der Waals surface area contributed by atoms with Crippen LogP contribution in [-0.4, -0.2) is 11.4 Å². The van der Waals surface area contributed by atoms with Gasteiger partial charge in [-0.2, -0.15) is 0 Å². The second-order valence-corrected chi connectivity index (χ2v) is 6.25. The quantitative estimate of drug-likeness (QED) is 0.879. The molecule has 0 aliphatic carbocycles. The van der Waals surface area contributed by atoms with Crippen molar-refractivity contribution in [3.8, 4) is 0 Å². The summed E-state index contributed by atoms with van der Waals surface area (Å²) < 4.78 is 0. The van der Waals surface area contributed by atoms with E-state index in [0.29, 0.717) is 0 Å². The van der Waals surface area contributed by atoms with Gasteiger partial charge in [0.25, 0.3) is 5.91 Å². The Bertz CT molecular complexity index is 517. The van der Waals surface area contributed by atoms with Gasteiger partial charge in [-0.05, 0) is 43.7 Å². The first-order chi connectivity index (χ1) is 9.07. The van der Waals surface area contributed by atoms with E-state index >= 15 is 0 Å². The summed E-state index contributed by atoms with van der Waals surface area (Å²) in [5.41, 5.74) is 1.11. The van der Waals surface area contributed by atoms with Gasteiger partial charge in [0.05, 0.1) is 4.88 Å². The fourth-order valence-electron chi connectivity index (χ4n) is 1.94. The summed E-state index contributed by atoms with van der Waals surface area (Å²) in [5.74, 6) is 0.0214. The molecular formula is C16H19NOS. The molecule has 19 heavy (non-hydrogen) atoms. The Balaban J connectivity index is 1.90. The normalized spacial score (nSPS) is 11.3. The van der Waals surface area contributed by atoms with Crippen molar-refractivity contribution in [3.63, 3.8) is 0 Å². The summed E-state index contributed by atoms with van der Waals surface area (Å²) in [4.78, 5) is 12.8. The lowest BCUT2D eigenvalue weighted by molar-refractivity contribution is 0.0913. The number of nitrogens with one attached hydrogen (secondary N) is 1. The second-order valence-electron chi connectivity index (χ2n) is 5.30. The molecule has 0 atom stereocenters. The number of amides is 1. The lowest BCUT2D eigenvalue weighted by Gasteiger charge is -2.26. The molecule has 2 nitrogen and oxygen atoms in total. The first-order valence-electron chi connectivity index (χ1n) is 6.47. The predicted octanol–water partition coefficient (Wildman–Crippen LogP) is 3.89. The van der Waals surface area contributed by atoms with Crippen molar-refractivity contribution >= 4 is 17.2 Å². The van der Waals surface area contributed by atoms with Gasteiger partial charge in [-0.1, -0.05) is 36.4 Å². The molecule has 1 N–H and O–H groups in total. The Morgan fingerprint density at radius 2 is 1.89 bits per heavy atom. The first kappa shape index (κ1) is 13.8. The highest BCUT2D eigenvalue weighted by molar-refractivity contribution is 7.12. The lowest BCUT2D eigenvalue weighted by Crippen LogP contribution is -2.43. The van der Waals surface area contributed by atoms with Gasteiger partial charge in [-0.3, -0.25) is 4.79 Å². The maximum Gasteiger partial charge on any atom is 0.261 e. The number of aryl methyl sites for hydroxylation is 1. The predicted molar refractivity (Wildman–Crippen MR) is 80.6 cm³/mol. The third-order valence-electron chi connectivity index (χ3n) is 3.08. The average Bonchev–Trinajstić information content (AvgIpc) is 2.91. The summed E-state index contributed by atoms with van der Waals surface area (Å²) in [6, 6.07) is 14.1. The minimum Gasteiger partial charge on any atom is -0.346 e. The molecule has 0 spiro atoms. The van der Waals surface area contributed by atoms with E-state index in [1.54, 1.807) is 0 Å². The van der Waals surface area contributed by atoms with Gasteiger partial charge in [0.2, 0.25) is 0 Å². The van der Waals surface area contributed by atoms with E-state index in [4.69, 9.17) is 0 Å². The van der Waals surface area contributed by atoms with Crippen molar-refractivity contribution in [1.82, 2.24) is 5.32 Å². The highest BCUT2D eigenvalue weighted by Gasteiger charge is 2.21. The molecule has 0 aliphatic heterocycles. The fraction of sp³-hybridized carbons (Fsp3) is 0.312. The summed E-state index contributed by atoms with van der Waals surface area (Å²) in [7, 11) is 0. The monoisotopic (exact) mass is 273 g/mol. The van der Waals surface area contributed by atoms with Crippen LogP contribution in [0.3, 0.4) is 0 Å². The molecule has 2 aromatic rings. The van der Waals surface area contributed by atoms with Crippen molar-refractivity contribution < 1.29 is 4.79 Å². The van der Waals surface area contributed by atoms with Crippen LogP contribution in [0, 0.1) is 0 Å².